The Balaban J connectivity index is 2.59. The van der Waals surface area contributed by atoms with Crippen LogP contribution in [0, 0.1) is 5.41 Å². The van der Waals surface area contributed by atoms with Crippen molar-refractivity contribution in [2.45, 2.75) is 26.7 Å². The molecule has 0 aliphatic carbocycles. The van der Waals surface area contributed by atoms with Crippen molar-refractivity contribution in [2.24, 2.45) is 5.41 Å². The van der Waals surface area contributed by atoms with Crippen molar-refractivity contribution in [3.8, 4) is 0 Å². The first-order chi connectivity index (χ1) is 8.17. The summed E-state index contributed by atoms with van der Waals surface area (Å²) in [6.07, 6.45) is 6.07. The van der Waals surface area contributed by atoms with Crippen LogP contribution in [-0.2, 0) is 0 Å². The van der Waals surface area contributed by atoms with Crippen molar-refractivity contribution < 1.29 is 9.90 Å². The highest BCUT2D eigenvalue weighted by molar-refractivity contribution is 5.91. The topological polar surface area (TPSA) is 75.1 Å². The zero-order valence-electron chi connectivity index (χ0n) is 10.3. The van der Waals surface area contributed by atoms with Gasteiger partial charge in [0, 0.05) is 24.4 Å². The molecule has 0 radical (unpaired) electrons. The monoisotopic (exact) mass is 237 g/mol. The van der Waals surface area contributed by atoms with Gasteiger partial charge in [-0.1, -0.05) is 13.8 Å². The SMILES string of the molecule is CCC(CC)(CO)CNC(=O)c1cnccn1. The van der Waals surface area contributed by atoms with Crippen LogP contribution < -0.4 is 5.32 Å². The van der Waals surface area contributed by atoms with E-state index in [0.29, 0.717) is 12.2 Å². The fourth-order valence-corrected chi connectivity index (χ4v) is 1.55. The van der Waals surface area contributed by atoms with Crippen LogP contribution >= 0.6 is 0 Å². The molecular formula is C12H19N3O2. The summed E-state index contributed by atoms with van der Waals surface area (Å²) in [5.41, 5.74) is 0.0595. The second-order valence-corrected chi connectivity index (χ2v) is 4.14. The fraction of sp³-hybridized carbons (Fsp3) is 0.583. The van der Waals surface area contributed by atoms with Gasteiger partial charge in [-0.15, -0.1) is 0 Å². The fourth-order valence-electron chi connectivity index (χ4n) is 1.55. The summed E-state index contributed by atoms with van der Waals surface area (Å²) in [5.74, 6) is -0.252. The van der Waals surface area contributed by atoms with Gasteiger partial charge in [0.1, 0.15) is 5.69 Å². The van der Waals surface area contributed by atoms with Crippen molar-refractivity contribution in [2.75, 3.05) is 13.2 Å². The average Bonchev–Trinajstić information content (AvgIpc) is 2.41. The molecule has 1 aromatic rings. The number of hydrogen-bond acceptors (Lipinski definition) is 4. The summed E-state index contributed by atoms with van der Waals surface area (Å²) >= 11 is 0. The van der Waals surface area contributed by atoms with E-state index in [1.807, 2.05) is 13.8 Å². The standard InChI is InChI=1S/C12H19N3O2/c1-3-12(4-2,9-16)8-15-11(17)10-7-13-5-6-14-10/h5-7,16H,3-4,8-9H2,1-2H3,(H,15,17). The van der Waals surface area contributed by atoms with Crippen molar-refractivity contribution in [3.63, 3.8) is 0 Å². The molecule has 1 amide bonds. The summed E-state index contributed by atoms with van der Waals surface area (Å²) in [7, 11) is 0. The number of amides is 1. The number of carbonyl (C=O) groups excluding carboxylic acids is 1. The molecule has 0 aliphatic rings. The molecular weight excluding hydrogens is 218 g/mol. The lowest BCUT2D eigenvalue weighted by Crippen LogP contribution is -2.39. The van der Waals surface area contributed by atoms with E-state index in [0.717, 1.165) is 12.8 Å². The molecule has 1 heterocycles. The number of nitrogens with zero attached hydrogens (tertiary/aromatic N) is 2. The van der Waals surface area contributed by atoms with Crippen LogP contribution in [0.5, 0.6) is 0 Å². The molecule has 17 heavy (non-hydrogen) atoms. The van der Waals surface area contributed by atoms with Crippen LogP contribution in [0.15, 0.2) is 18.6 Å². The predicted octanol–water partition coefficient (Wildman–Crippen LogP) is 1.01. The van der Waals surface area contributed by atoms with E-state index in [-0.39, 0.29) is 17.9 Å². The molecule has 1 aromatic heterocycles. The zero-order valence-corrected chi connectivity index (χ0v) is 10.3. The Bertz CT molecular complexity index is 342. The highest BCUT2D eigenvalue weighted by Crippen LogP contribution is 2.24. The van der Waals surface area contributed by atoms with E-state index in [4.69, 9.17) is 0 Å². The highest BCUT2D eigenvalue weighted by Gasteiger charge is 2.26. The molecule has 0 aromatic carbocycles. The van der Waals surface area contributed by atoms with Crippen LogP contribution in [0.25, 0.3) is 0 Å². The largest absolute Gasteiger partial charge is 0.396 e. The van der Waals surface area contributed by atoms with Crippen molar-refractivity contribution in [1.29, 1.82) is 0 Å². The summed E-state index contributed by atoms with van der Waals surface area (Å²) < 4.78 is 0. The number of carbonyl (C=O) groups is 1. The van der Waals surface area contributed by atoms with Crippen LogP contribution in [0.1, 0.15) is 37.2 Å². The number of hydrogen-bond donors (Lipinski definition) is 2. The first kappa shape index (κ1) is 13.6. The Hall–Kier alpha value is -1.49. The lowest BCUT2D eigenvalue weighted by Gasteiger charge is -2.29. The molecule has 0 atom stereocenters. The van der Waals surface area contributed by atoms with Crippen molar-refractivity contribution >= 4 is 5.91 Å². The predicted molar refractivity (Wildman–Crippen MR) is 64.5 cm³/mol. The van der Waals surface area contributed by atoms with Crippen LogP contribution in [0.2, 0.25) is 0 Å². The number of nitrogens with one attached hydrogen (secondary N) is 1. The molecule has 0 saturated carbocycles. The van der Waals surface area contributed by atoms with E-state index in [1.54, 1.807) is 0 Å². The van der Waals surface area contributed by atoms with Crippen LogP contribution in [0.3, 0.4) is 0 Å². The summed E-state index contributed by atoms with van der Waals surface area (Å²) in [4.78, 5) is 19.5. The molecule has 0 unspecified atom stereocenters. The Morgan fingerprint density at radius 2 is 2.12 bits per heavy atom. The van der Waals surface area contributed by atoms with Crippen molar-refractivity contribution in [3.05, 3.63) is 24.3 Å². The minimum Gasteiger partial charge on any atom is -0.396 e. The van der Waals surface area contributed by atoms with E-state index < -0.39 is 0 Å². The van der Waals surface area contributed by atoms with E-state index in [1.165, 1.54) is 18.6 Å². The van der Waals surface area contributed by atoms with Gasteiger partial charge in [-0.2, -0.15) is 0 Å². The molecule has 5 heteroatoms. The second-order valence-electron chi connectivity index (χ2n) is 4.14. The van der Waals surface area contributed by atoms with Crippen LogP contribution in [-0.4, -0.2) is 34.1 Å². The number of aromatic nitrogens is 2. The number of aliphatic hydroxyl groups is 1. The maximum atomic E-state index is 11.7. The third-order valence-electron chi connectivity index (χ3n) is 3.26. The number of rotatable bonds is 6. The highest BCUT2D eigenvalue weighted by atomic mass is 16.3. The Morgan fingerprint density at radius 3 is 2.59 bits per heavy atom. The second kappa shape index (κ2) is 6.30. The molecule has 5 nitrogen and oxygen atoms in total. The third kappa shape index (κ3) is 3.49. The molecule has 2 N–H and O–H groups in total. The van der Waals surface area contributed by atoms with Crippen molar-refractivity contribution in [1.82, 2.24) is 15.3 Å². The summed E-state index contributed by atoms with van der Waals surface area (Å²) in [6, 6.07) is 0. The van der Waals surface area contributed by atoms with Gasteiger partial charge < -0.3 is 10.4 Å². The Kier molecular flexibility index (Phi) is 5.03. The maximum absolute atomic E-state index is 11.7. The molecule has 0 saturated heterocycles. The lowest BCUT2D eigenvalue weighted by molar-refractivity contribution is 0.0846. The summed E-state index contributed by atoms with van der Waals surface area (Å²) in [5, 5.41) is 12.2. The van der Waals surface area contributed by atoms with E-state index >= 15 is 0 Å². The van der Waals surface area contributed by atoms with E-state index in [9.17, 15) is 9.90 Å². The molecule has 0 aliphatic heterocycles. The van der Waals surface area contributed by atoms with Gasteiger partial charge >= 0.3 is 0 Å². The summed E-state index contributed by atoms with van der Waals surface area (Å²) in [6.45, 7) is 4.54. The molecule has 94 valence electrons. The minimum absolute atomic E-state index is 0.0702. The quantitative estimate of drug-likeness (QED) is 0.774. The maximum Gasteiger partial charge on any atom is 0.271 e. The molecule has 1 rings (SSSR count). The van der Waals surface area contributed by atoms with Gasteiger partial charge in [0.2, 0.25) is 0 Å². The van der Waals surface area contributed by atoms with Gasteiger partial charge in [0.15, 0.2) is 0 Å². The molecule has 0 fully saturated rings. The van der Waals surface area contributed by atoms with Gasteiger partial charge in [0.25, 0.3) is 5.91 Å². The van der Waals surface area contributed by atoms with Gasteiger partial charge in [-0.3, -0.25) is 9.78 Å². The third-order valence-corrected chi connectivity index (χ3v) is 3.26. The average molecular weight is 237 g/mol. The Morgan fingerprint density at radius 1 is 1.41 bits per heavy atom. The molecule has 0 bridgehead atoms. The molecule has 0 spiro atoms. The Labute approximate surface area is 101 Å². The van der Waals surface area contributed by atoms with Crippen LogP contribution in [0.4, 0.5) is 0 Å². The minimum atomic E-state index is -0.252. The lowest BCUT2D eigenvalue weighted by atomic mass is 9.83. The van der Waals surface area contributed by atoms with Gasteiger partial charge in [-0.05, 0) is 12.8 Å². The van der Waals surface area contributed by atoms with E-state index in [2.05, 4.69) is 15.3 Å². The first-order valence-corrected chi connectivity index (χ1v) is 5.82. The number of aliphatic hydroxyl groups excluding tert-OH is 1. The van der Waals surface area contributed by atoms with Gasteiger partial charge in [-0.25, -0.2) is 4.98 Å². The normalized spacial score (nSPS) is 11.2. The smallest absolute Gasteiger partial charge is 0.271 e. The first-order valence-electron chi connectivity index (χ1n) is 5.82. The van der Waals surface area contributed by atoms with Gasteiger partial charge in [0.05, 0.1) is 12.8 Å². The zero-order chi connectivity index (χ0) is 12.7.